The van der Waals surface area contributed by atoms with Crippen molar-refractivity contribution < 1.29 is 34.2 Å². The van der Waals surface area contributed by atoms with Crippen molar-refractivity contribution >= 4 is 51.5 Å². The second-order valence-corrected chi connectivity index (χ2v) is 9.57. The first-order chi connectivity index (χ1) is 19.6. The van der Waals surface area contributed by atoms with Gasteiger partial charge >= 0.3 is 11.9 Å². The quantitative estimate of drug-likeness (QED) is 0.114. The van der Waals surface area contributed by atoms with Crippen molar-refractivity contribution in [2.45, 2.75) is 37.4 Å². The molecule has 41 heavy (non-hydrogen) atoms. The minimum absolute atomic E-state index is 0.0136. The lowest BCUT2D eigenvalue weighted by molar-refractivity contribution is -0.141. The SMILES string of the molecule is NC(CC(=O)O)C(=O)NC(Cc1c[nH]c2ccccc12)C(=O)NCC(=O)NC(Cc1c[nH]c2ccccc12)C(=O)O. The Morgan fingerprint density at radius 1 is 0.756 bits per heavy atom. The normalized spacial score (nSPS) is 13.3. The molecule has 4 aromatic rings. The molecule has 0 spiro atoms. The van der Waals surface area contributed by atoms with Crippen LogP contribution in [-0.2, 0) is 36.8 Å². The molecule has 214 valence electrons. The molecule has 3 amide bonds. The van der Waals surface area contributed by atoms with Gasteiger partial charge in [-0.05, 0) is 23.3 Å². The number of para-hydroxylation sites is 2. The first-order valence-corrected chi connectivity index (χ1v) is 12.8. The summed E-state index contributed by atoms with van der Waals surface area (Å²) in [6.07, 6.45) is 2.76. The number of rotatable bonds is 13. The molecule has 13 nitrogen and oxygen atoms in total. The number of carbonyl (C=O) groups excluding carboxylic acids is 3. The van der Waals surface area contributed by atoms with E-state index in [-0.39, 0.29) is 12.8 Å². The fourth-order valence-electron chi connectivity index (χ4n) is 4.55. The molecular weight excluding hydrogens is 532 g/mol. The maximum atomic E-state index is 13.1. The molecule has 0 saturated heterocycles. The number of fused-ring (bicyclic) bond motifs is 2. The Hall–Kier alpha value is -5.17. The summed E-state index contributed by atoms with van der Waals surface area (Å²) in [6.45, 7) is -0.558. The lowest BCUT2D eigenvalue weighted by Gasteiger charge is -2.20. The van der Waals surface area contributed by atoms with Gasteiger partial charge in [0, 0.05) is 47.0 Å². The Balaban J connectivity index is 1.42. The highest BCUT2D eigenvalue weighted by atomic mass is 16.4. The average molecular weight is 563 g/mol. The number of carboxylic acids is 2. The highest BCUT2D eigenvalue weighted by Crippen LogP contribution is 2.20. The van der Waals surface area contributed by atoms with Crippen molar-refractivity contribution in [3.05, 3.63) is 72.1 Å². The molecule has 0 radical (unpaired) electrons. The number of amides is 3. The molecule has 2 aromatic heterocycles. The summed E-state index contributed by atoms with van der Waals surface area (Å²) in [7, 11) is 0. The van der Waals surface area contributed by atoms with Crippen LogP contribution in [0.2, 0.25) is 0 Å². The van der Waals surface area contributed by atoms with Crippen molar-refractivity contribution in [1.29, 1.82) is 0 Å². The van der Waals surface area contributed by atoms with Crippen LogP contribution in [0.25, 0.3) is 21.8 Å². The third kappa shape index (κ3) is 7.28. The molecular formula is C28H30N6O7. The van der Waals surface area contributed by atoms with E-state index in [1.807, 2.05) is 48.5 Å². The lowest BCUT2D eigenvalue weighted by atomic mass is 10.0. The number of benzene rings is 2. The van der Waals surface area contributed by atoms with E-state index in [2.05, 4.69) is 25.9 Å². The summed E-state index contributed by atoms with van der Waals surface area (Å²) >= 11 is 0. The van der Waals surface area contributed by atoms with Gasteiger partial charge in [-0.2, -0.15) is 0 Å². The predicted octanol–water partition coefficient (Wildman–Crippen LogP) is 0.407. The summed E-state index contributed by atoms with van der Waals surface area (Å²) in [4.78, 5) is 67.3. The minimum Gasteiger partial charge on any atom is -0.481 e. The first kappa shape index (κ1) is 28.8. The van der Waals surface area contributed by atoms with Crippen LogP contribution in [0.3, 0.4) is 0 Å². The number of carboxylic acid groups (broad SMARTS) is 2. The van der Waals surface area contributed by atoms with Crippen LogP contribution in [0, 0.1) is 0 Å². The number of carbonyl (C=O) groups is 5. The van der Waals surface area contributed by atoms with E-state index in [1.54, 1.807) is 12.4 Å². The van der Waals surface area contributed by atoms with Gasteiger partial charge in [0.25, 0.3) is 0 Å². The molecule has 2 aromatic carbocycles. The molecule has 13 heteroatoms. The van der Waals surface area contributed by atoms with Crippen molar-refractivity contribution in [2.24, 2.45) is 5.73 Å². The fourth-order valence-corrected chi connectivity index (χ4v) is 4.55. The Bertz CT molecular complexity index is 1590. The molecule has 3 atom stereocenters. The molecule has 2 heterocycles. The van der Waals surface area contributed by atoms with Crippen LogP contribution in [0.1, 0.15) is 17.5 Å². The van der Waals surface area contributed by atoms with Crippen molar-refractivity contribution in [3.63, 3.8) is 0 Å². The van der Waals surface area contributed by atoms with Crippen LogP contribution >= 0.6 is 0 Å². The van der Waals surface area contributed by atoms with E-state index in [0.29, 0.717) is 11.1 Å². The Morgan fingerprint density at radius 3 is 1.83 bits per heavy atom. The largest absolute Gasteiger partial charge is 0.481 e. The summed E-state index contributed by atoms with van der Waals surface area (Å²) in [5, 5.41) is 27.6. The van der Waals surface area contributed by atoms with Crippen LogP contribution in [0.5, 0.6) is 0 Å². The van der Waals surface area contributed by atoms with Gasteiger partial charge in [0.05, 0.1) is 19.0 Å². The van der Waals surface area contributed by atoms with Crippen molar-refractivity contribution in [1.82, 2.24) is 25.9 Å². The second kappa shape index (κ2) is 12.8. The third-order valence-electron chi connectivity index (χ3n) is 6.62. The third-order valence-corrected chi connectivity index (χ3v) is 6.62. The van der Waals surface area contributed by atoms with Gasteiger partial charge in [-0.15, -0.1) is 0 Å². The molecule has 0 fully saturated rings. The molecule has 9 N–H and O–H groups in total. The average Bonchev–Trinajstić information content (AvgIpc) is 3.54. The molecule has 3 unspecified atom stereocenters. The van der Waals surface area contributed by atoms with Gasteiger partial charge in [-0.1, -0.05) is 36.4 Å². The predicted molar refractivity (Wildman–Crippen MR) is 149 cm³/mol. The number of aromatic nitrogens is 2. The Kier molecular flexibility index (Phi) is 8.99. The molecule has 4 rings (SSSR count). The van der Waals surface area contributed by atoms with Gasteiger partial charge in [-0.25, -0.2) is 4.79 Å². The van der Waals surface area contributed by atoms with Gasteiger partial charge in [0.2, 0.25) is 17.7 Å². The van der Waals surface area contributed by atoms with E-state index in [1.165, 1.54) is 0 Å². The molecule has 0 aliphatic carbocycles. The second-order valence-electron chi connectivity index (χ2n) is 9.57. The van der Waals surface area contributed by atoms with Gasteiger partial charge < -0.3 is 41.9 Å². The Morgan fingerprint density at radius 2 is 1.29 bits per heavy atom. The van der Waals surface area contributed by atoms with Crippen molar-refractivity contribution in [2.75, 3.05) is 6.54 Å². The topological polar surface area (TPSA) is 219 Å². The van der Waals surface area contributed by atoms with Gasteiger partial charge in [-0.3, -0.25) is 19.2 Å². The summed E-state index contributed by atoms with van der Waals surface area (Å²) < 4.78 is 0. The zero-order valence-electron chi connectivity index (χ0n) is 21.8. The molecule has 0 aliphatic rings. The summed E-state index contributed by atoms with van der Waals surface area (Å²) in [5.41, 5.74) is 8.71. The molecule has 0 aliphatic heterocycles. The number of nitrogens with two attached hydrogens (primary N) is 1. The zero-order chi connectivity index (χ0) is 29.5. The van der Waals surface area contributed by atoms with Gasteiger partial charge in [0.1, 0.15) is 12.1 Å². The number of H-pyrrole nitrogens is 2. The van der Waals surface area contributed by atoms with Crippen molar-refractivity contribution in [3.8, 4) is 0 Å². The number of aromatic amines is 2. The molecule has 0 bridgehead atoms. The summed E-state index contributed by atoms with van der Waals surface area (Å²) in [5.74, 6) is -4.84. The Labute approximate surface area is 233 Å². The smallest absolute Gasteiger partial charge is 0.326 e. The number of hydrogen-bond acceptors (Lipinski definition) is 6. The molecule has 0 saturated carbocycles. The highest BCUT2D eigenvalue weighted by molar-refractivity contribution is 5.94. The number of hydrogen-bond donors (Lipinski definition) is 8. The van der Waals surface area contributed by atoms with E-state index >= 15 is 0 Å². The van der Waals surface area contributed by atoms with Crippen LogP contribution in [0.15, 0.2) is 60.9 Å². The van der Waals surface area contributed by atoms with Gasteiger partial charge in [0.15, 0.2) is 0 Å². The first-order valence-electron chi connectivity index (χ1n) is 12.8. The van der Waals surface area contributed by atoms with Crippen LogP contribution < -0.4 is 21.7 Å². The number of nitrogens with one attached hydrogen (secondary N) is 5. The van der Waals surface area contributed by atoms with E-state index in [0.717, 1.165) is 21.8 Å². The van der Waals surface area contributed by atoms with Crippen LogP contribution in [-0.4, -0.2) is 74.5 Å². The zero-order valence-corrected chi connectivity index (χ0v) is 21.8. The maximum absolute atomic E-state index is 13.1. The highest BCUT2D eigenvalue weighted by Gasteiger charge is 2.27. The standard InChI is InChI=1S/C28H30N6O7/c29-19(11-25(36)37)26(38)34-22(9-15-12-30-20-7-3-1-5-17(15)20)27(39)32-14-24(35)33-23(28(40)41)10-16-13-31-21-8-4-2-6-18(16)21/h1-8,12-13,19,22-23,30-31H,9-11,14,29H2,(H,32,39)(H,33,35)(H,34,38)(H,36,37)(H,40,41). The fraction of sp³-hybridized carbons (Fsp3) is 0.250. The van der Waals surface area contributed by atoms with E-state index in [4.69, 9.17) is 10.8 Å². The summed E-state index contributed by atoms with van der Waals surface area (Å²) in [6, 6.07) is 10.8. The lowest BCUT2D eigenvalue weighted by Crippen LogP contribution is -2.54. The number of aliphatic carboxylic acids is 2. The van der Waals surface area contributed by atoms with E-state index < -0.39 is 60.8 Å². The maximum Gasteiger partial charge on any atom is 0.326 e. The minimum atomic E-state index is -1.39. The van der Waals surface area contributed by atoms with E-state index in [9.17, 15) is 29.1 Å². The monoisotopic (exact) mass is 562 g/mol. The van der Waals surface area contributed by atoms with Crippen LogP contribution in [0.4, 0.5) is 0 Å².